The molecule has 1 fully saturated rings. The summed E-state index contributed by atoms with van der Waals surface area (Å²) in [6.07, 6.45) is 10.0. The summed E-state index contributed by atoms with van der Waals surface area (Å²) in [5.41, 5.74) is 0. The van der Waals surface area contributed by atoms with Crippen LogP contribution in [0.3, 0.4) is 0 Å². The monoisotopic (exact) mass is 265 g/mol. The molecule has 4 heteroatoms. The lowest BCUT2D eigenvalue weighted by molar-refractivity contribution is 0.350. The summed E-state index contributed by atoms with van der Waals surface area (Å²) in [7, 11) is 0. The van der Waals surface area contributed by atoms with Gasteiger partial charge in [-0.1, -0.05) is 44.2 Å². The SMILES string of the molecule is CCNC(C)Cc1nc(C2CCCCCCC2)no1. The Balaban J connectivity index is 1.91. The normalized spacial score (nSPS) is 19.9. The molecule has 108 valence electrons. The van der Waals surface area contributed by atoms with Crippen molar-refractivity contribution >= 4 is 0 Å². The molecule has 0 aromatic carbocycles. The van der Waals surface area contributed by atoms with Gasteiger partial charge in [-0.25, -0.2) is 0 Å². The number of nitrogens with one attached hydrogen (secondary N) is 1. The van der Waals surface area contributed by atoms with Crippen LogP contribution in [-0.4, -0.2) is 22.7 Å². The van der Waals surface area contributed by atoms with Gasteiger partial charge in [-0.05, 0) is 26.3 Å². The standard InChI is InChI=1S/C15H27N3O/c1-3-16-12(2)11-14-17-15(18-19-14)13-9-7-5-4-6-8-10-13/h12-13,16H,3-11H2,1-2H3. The molecular formula is C15H27N3O. The maximum absolute atomic E-state index is 5.41. The number of hydrogen-bond donors (Lipinski definition) is 1. The Labute approximate surface area is 116 Å². The van der Waals surface area contributed by atoms with Crippen molar-refractivity contribution in [2.24, 2.45) is 0 Å². The third kappa shape index (κ3) is 4.60. The van der Waals surface area contributed by atoms with Crippen LogP contribution in [0.4, 0.5) is 0 Å². The Morgan fingerprint density at radius 3 is 2.58 bits per heavy atom. The minimum atomic E-state index is 0.399. The maximum Gasteiger partial charge on any atom is 0.228 e. The molecule has 0 amide bonds. The van der Waals surface area contributed by atoms with Crippen LogP contribution < -0.4 is 5.32 Å². The smallest absolute Gasteiger partial charge is 0.228 e. The molecule has 1 heterocycles. The van der Waals surface area contributed by atoms with E-state index in [4.69, 9.17) is 4.52 Å². The van der Waals surface area contributed by atoms with E-state index in [2.05, 4.69) is 29.3 Å². The van der Waals surface area contributed by atoms with Gasteiger partial charge in [0, 0.05) is 18.4 Å². The van der Waals surface area contributed by atoms with Gasteiger partial charge in [-0.15, -0.1) is 0 Å². The molecule has 19 heavy (non-hydrogen) atoms. The Morgan fingerprint density at radius 2 is 1.89 bits per heavy atom. The Kier molecular flexibility index (Phi) is 5.83. The second-order valence-corrected chi connectivity index (χ2v) is 5.75. The van der Waals surface area contributed by atoms with E-state index in [1.807, 2.05) is 0 Å². The summed E-state index contributed by atoms with van der Waals surface area (Å²) in [4.78, 5) is 4.61. The van der Waals surface area contributed by atoms with Crippen molar-refractivity contribution in [2.45, 2.75) is 77.2 Å². The Hall–Kier alpha value is -0.900. The van der Waals surface area contributed by atoms with Gasteiger partial charge >= 0.3 is 0 Å². The number of likely N-dealkylation sites (N-methyl/N-ethyl adjacent to an activating group) is 1. The molecule has 4 nitrogen and oxygen atoms in total. The Bertz CT molecular complexity index is 356. The number of aromatic nitrogens is 2. The van der Waals surface area contributed by atoms with Gasteiger partial charge in [0.15, 0.2) is 5.82 Å². The second-order valence-electron chi connectivity index (χ2n) is 5.75. The van der Waals surface area contributed by atoms with Crippen molar-refractivity contribution in [2.75, 3.05) is 6.54 Å². The highest BCUT2D eigenvalue weighted by Gasteiger charge is 2.19. The van der Waals surface area contributed by atoms with Crippen LogP contribution in [0.1, 0.15) is 76.4 Å². The Morgan fingerprint density at radius 1 is 1.21 bits per heavy atom. The largest absolute Gasteiger partial charge is 0.339 e. The van der Waals surface area contributed by atoms with Crippen LogP contribution in [-0.2, 0) is 6.42 Å². The molecule has 1 aliphatic carbocycles. The first-order valence-electron chi connectivity index (χ1n) is 7.85. The zero-order chi connectivity index (χ0) is 13.5. The first-order valence-corrected chi connectivity index (χ1v) is 7.85. The molecule has 0 aliphatic heterocycles. The van der Waals surface area contributed by atoms with Crippen molar-refractivity contribution in [3.05, 3.63) is 11.7 Å². The van der Waals surface area contributed by atoms with Crippen LogP contribution >= 0.6 is 0 Å². The van der Waals surface area contributed by atoms with Gasteiger partial charge in [-0.2, -0.15) is 4.98 Å². The van der Waals surface area contributed by atoms with Crippen molar-refractivity contribution < 1.29 is 4.52 Å². The minimum Gasteiger partial charge on any atom is -0.339 e. The van der Waals surface area contributed by atoms with Crippen LogP contribution in [0, 0.1) is 0 Å². The molecule has 0 radical (unpaired) electrons. The molecule has 1 aliphatic rings. The number of rotatable bonds is 5. The zero-order valence-corrected chi connectivity index (χ0v) is 12.3. The highest BCUT2D eigenvalue weighted by Crippen LogP contribution is 2.29. The summed E-state index contributed by atoms with van der Waals surface area (Å²) in [5.74, 6) is 2.25. The molecular weight excluding hydrogens is 238 g/mol. The topological polar surface area (TPSA) is 51.0 Å². The lowest BCUT2D eigenvalue weighted by Gasteiger charge is -2.15. The van der Waals surface area contributed by atoms with E-state index in [0.717, 1.165) is 24.7 Å². The van der Waals surface area contributed by atoms with Gasteiger partial charge in [-0.3, -0.25) is 0 Å². The van der Waals surface area contributed by atoms with Gasteiger partial charge in [0.1, 0.15) is 0 Å². The van der Waals surface area contributed by atoms with Gasteiger partial charge in [0.05, 0.1) is 0 Å². The minimum absolute atomic E-state index is 0.399. The van der Waals surface area contributed by atoms with Gasteiger partial charge in [0.2, 0.25) is 5.89 Å². The summed E-state index contributed by atoms with van der Waals surface area (Å²) in [6, 6.07) is 0.399. The fourth-order valence-corrected chi connectivity index (χ4v) is 2.91. The van der Waals surface area contributed by atoms with Crippen molar-refractivity contribution in [3.8, 4) is 0 Å². The van der Waals surface area contributed by atoms with E-state index in [9.17, 15) is 0 Å². The summed E-state index contributed by atoms with van der Waals surface area (Å²) < 4.78 is 5.41. The van der Waals surface area contributed by atoms with E-state index in [1.165, 1.54) is 44.9 Å². The van der Waals surface area contributed by atoms with Crippen LogP contribution in [0.2, 0.25) is 0 Å². The van der Waals surface area contributed by atoms with E-state index in [0.29, 0.717) is 12.0 Å². The second kappa shape index (κ2) is 7.63. The molecule has 0 saturated heterocycles. The first-order chi connectivity index (χ1) is 9.29. The van der Waals surface area contributed by atoms with Gasteiger partial charge < -0.3 is 9.84 Å². The quantitative estimate of drug-likeness (QED) is 0.886. The maximum atomic E-state index is 5.41. The van der Waals surface area contributed by atoms with Crippen LogP contribution in [0.5, 0.6) is 0 Å². The van der Waals surface area contributed by atoms with Crippen molar-refractivity contribution in [1.82, 2.24) is 15.5 Å². The molecule has 1 atom stereocenters. The predicted molar refractivity (Wildman–Crippen MR) is 76.2 cm³/mol. The highest BCUT2D eigenvalue weighted by atomic mass is 16.5. The number of hydrogen-bond acceptors (Lipinski definition) is 4. The molecule has 0 bridgehead atoms. The first kappa shape index (κ1) is 14.5. The molecule has 0 spiro atoms. The summed E-state index contributed by atoms with van der Waals surface area (Å²) >= 11 is 0. The van der Waals surface area contributed by atoms with E-state index < -0.39 is 0 Å². The third-order valence-electron chi connectivity index (χ3n) is 3.99. The average Bonchev–Trinajstić information content (AvgIpc) is 2.77. The van der Waals surface area contributed by atoms with E-state index in [-0.39, 0.29) is 0 Å². The fourth-order valence-electron chi connectivity index (χ4n) is 2.91. The van der Waals surface area contributed by atoms with Crippen molar-refractivity contribution in [3.63, 3.8) is 0 Å². The molecule has 1 aromatic heterocycles. The van der Waals surface area contributed by atoms with Crippen LogP contribution in [0.15, 0.2) is 4.52 Å². The molecule has 2 rings (SSSR count). The molecule has 1 saturated carbocycles. The molecule has 1 aromatic rings. The average molecular weight is 265 g/mol. The van der Waals surface area contributed by atoms with E-state index in [1.54, 1.807) is 0 Å². The van der Waals surface area contributed by atoms with Gasteiger partial charge in [0.25, 0.3) is 0 Å². The lowest BCUT2D eigenvalue weighted by Crippen LogP contribution is -2.27. The fraction of sp³-hybridized carbons (Fsp3) is 0.867. The van der Waals surface area contributed by atoms with Crippen LogP contribution in [0.25, 0.3) is 0 Å². The van der Waals surface area contributed by atoms with Crippen molar-refractivity contribution in [1.29, 1.82) is 0 Å². The van der Waals surface area contributed by atoms with E-state index >= 15 is 0 Å². The number of nitrogens with zero attached hydrogens (tertiary/aromatic N) is 2. The molecule has 1 N–H and O–H groups in total. The predicted octanol–water partition coefficient (Wildman–Crippen LogP) is 3.44. The molecule has 1 unspecified atom stereocenters. The lowest BCUT2D eigenvalue weighted by atomic mass is 9.91. The summed E-state index contributed by atoms with van der Waals surface area (Å²) in [5, 5.41) is 7.58. The summed E-state index contributed by atoms with van der Waals surface area (Å²) in [6.45, 7) is 5.25. The highest BCUT2D eigenvalue weighted by molar-refractivity contribution is 4.97. The zero-order valence-electron chi connectivity index (χ0n) is 12.3. The third-order valence-corrected chi connectivity index (χ3v) is 3.99.